The van der Waals surface area contributed by atoms with Crippen LogP contribution in [0.4, 0.5) is 0 Å². The fourth-order valence-corrected chi connectivity index (χ4v) is 2.20. The van der Waals surface area contributed by atoms with Crippen molar-refractivity contribution in [3.8, 4) is 0 Å². The molecule has 0 aliphatic heterocycles. The molecule has 0 aromatic rings. The quantitative estimate of drug-likeness (QED) is 0.208. The molecule has 0 spiro atoms. The molecule has 0 aromatic carbocycles. The minimum absolute atomic E-state index is 0.212. The van der Waals surface area contributed by atoms with E-state index in [1.165, 1.54) is 12.2 Å². The number of allylic oxidation sites excluding steroid dienone is 4. The zero-order chi connectivity index (χ0) is 18.5. The summed E-state index contributed by atoms with van der Waals surface area (Å²) in [6.45, 7) is 2.06. The summed E-state index contributed by atoms with van der Waals surface area (Å²) < 4.78 is 0. The predicted molar refractivity (Wildman–Crippen MR) is 105 cm³/mol. The minimum atomic E-state index is -1.92. The SMILES string of the molecule is BC(B)(/C=C\CC)/C=C\C(O)(O)/C=C\CCCCCCCC(=O)O. The Balaban J connectivity index is 4.02. The lowest BCUT2D eigenvalue weighted by Crippen LogP contribution is -2.22. The summed E-state index contributed by atoms with van der Waals surface area (Å²) in [5, 5.41) is 28.2. The highest BCUT2D eigenvalue weighted by Crippen LogP contribution is 2.22. The van der Waals surface area contributed by atoms with Crippen LogP contribution in [-0.2, 0) is 4.79 Å². The first-order valence-corrected chi connectivity index (χ1v) is 8.91. The van der Waals surface area contributed by atoms with E-state index in [0.717, 1.165) is 44.9 Å². The summed E-state index contributed by atoms with van der Waals surface area (Å²) in [6, 6.07) is 0. The first-order chi connectivity index (χ1) is 11.2. The summed E-state index contributed by atoms with van der Waals surface area (Å²) in [6.07, 6.45) is 17.2. The van der Waals surface area contributed by atoms with Crippen LogP contribution >= 0.6 is 0 Å². The van der Waals surface area contributed by atoms with Crippen LogP contribution in [0.15, 0.2) is 36.5 Å². The van der Waals surface area contributed by atoms with Gasteiger partial charge in [-0.05, 0) is 37.8 Å². The fourth-order valence-electron chi connectivity index (χ4n) is 2.20. The van der Waals surface area contributed by atoms with Gasteiger partial charge in [-0.1, -0.05) is 55.7 Å². The summed E-state index contributed by atoms with van der Waals surface area (Å²) in [5.41, 5.74) is 0. The molecule has 0 bridgehead atoms. The highest BCUT2D eigenvalue weighted by atomic mass is 16.5. The molecule has 0 aliphatic carbocycles. The first-order valence-electron chi connectivity index (χ1n) is 8.91. The van der Waals surface area contributed by atoms with Crippen molar-refractivity contribution in [2.45, 2.75) is 69.3 Å². The molecule has 24 heavy (non-hydrogen) atoms. The van der Waals surface area contributed by atoms with E-state index in [9.17, 15) is 15.0 Å². The van der Waals surface area contributed by atoms with Crippen LogP contribution in [0.5, 0.6) is 0 Å². The molecule has 0 amide bonds. The van der Waals surface area contributed by atoms with Gasteiger partial charge in [-0.25, -0.2) is 0 Å². The average molecular weight is 334 g/mol. The molecule has 6 heteroatoms. The van der Waals surface area contributed by atoms with Crippen molar-refractivity contribution < 1.29 is 20.1 Å². The molecule has 0 fully saturated rings. The van der Waals surface area contributed by atoms with Gasteiger partial charge in [0.25, 0.3) is 0 Å². The molecule has 0 saturated carbocycles. The monoisotopic (exact) mass is 334 g/mol. The molecule has 0 aliphatic rings. The van der Waals surface area contributed by atoms with Crippen molar-refractivity contribution in [2.75, 3.05) is 0 Å². The highest BCUT2D eigenvalue weighted by molar-refractivity contribution is 6.42. The Morgan fingerprint density at radius 3 is 2.17 bits per heavy atom. The number of hydrogen-bond donors (Lipinski definition) is 3. The molecule has 0 aromatic heterocycles. The van der Waals surface area contributed by atoms with Crippen LogP contribution in [0.25, 0.3) is 0 Å². The Kier molecular flexibility index (Phi) is 11.5. The second kappa shape index (κ2) is 12.2. The molecule has 0 saturated heterocycles. The van der Waals surface area contributed by atoms with Gasteiger partial charge in [-0.15, -0.1) is 0 Å². The average Bonchev–Trinajstić information content (AvgIpc) is 2.49. The maximum absolute atomic E-state index is 10.4. The van der Waals surface area contributed by atoms with E-state index in [-0.39, 0.29) is 11.6 Å². The molecule has 0 atom stereocenters. The van der Waals surface area contributed by atoms with Gasteiger partial charge in [0.2, 0.25) is 5.79 Å². The van der Waals surface area contributed by atoms with Gasteiger partial charge >= 0.3 is 5.97 Å². The molecule has 3 N–H and O–H groups in total. The largest absolute Gasteiger partial charge is 0.481 e. The van der Waals surface area contributed by atoms with E-state index >= 15 is 0 Å². The van der Waals surface area contributed by atoms with Crippen LogP contribution in [0.1, 0.15) is 58.3 Å². The van der Waals surface area contributed by atoms with Crippen LogP contribution in [0.2, 0.25) is 5.21 Å². The van der Waals surface area contributed by atoms with Gasteiger partial charge in [0, 0.05) is 6.42 Å². The minimum Gasteiger partial charge on any atom is -0.481 e. The Bertz CT molecular complexity index is 440. The number of carboxylic acids is 1. The van der Waals surface area contributed by atoms with E-state index in [4.69, 9.17) is 5.11 Å². The lowest BCUT2D eigenvalue weighted by molar-refractivity contribution is -0.137. The van der Waals surface area contributed by atoms with Gasteiger partial charge in [-0.3, -0.25) is 4.79 Å². The number of unbranched alkanes of at least 4 members (excludes halogenated alkanes) is 5. The maximum Gasteiger partial charge on any atom is 0.303 e. The van der Waals surface area contributed by atoms with Crippen molar-refractivity contribution in [2.24, 2.45) is 0 Å². The molecule has 4 nitrogen and oxygen atoms in total. The van der Waals surface area contributed by atoms with Crippen LogP contribution in [-0.4, -0.2) is 42.8 Å². The summed E-state index contributed by atoms with van der Waals surface area (Å²) in [4.78, 5) is 10.4. The van der Waals surface area contributed by atoms with Gasteiger partial charge in [0.05, 0.1) is 0 Å². The number of aliphatic carboxylic acids is 1. The Labute approximate surface area is 148 Å². The zero-order valence-electron chi connectivity index (χ0n) is 15.4. The third-order valence-electron chi connectivity index (χ3n) is 3.67. The summed E-state index contributed by atoms with van der Waals surface area (Å²) in [7, 11) is 4.03. The number of aliphatic hydroxyl groups is 2. The lowest BCUT2D eigenvalue weighted by Gasteiger charge is -2.18. The molecular weight excluding hydrogens is 302 g/mol. The summed E-state index contributed by atoms with van der Waals surface area (Å²) >= 11 is 0. The van der Waals surface area contributed by atoms with E-state index in [1.807, 2.05) is 21.8 Å². The predicted octanol–water partition coefficient (Wildman–Crippen LogP) is 1.94. The smallest absolute Gasteiger partial charge is 0.303 e. The van der Waals surface area contributed by atoms with Crippen molar-refractivity contribution >= 4 is 21.7 Å². The van der Waals surface area contributed by atoms with Crippen molar-refractivity contribution in [3.05, 3.63) is 36.5 Å². The van der Waals surface area contributed by atoms with E-state index < -0.39 is 11.8 Å². The van der Waals surface area contributed by atoms with Crippen LogP contribution in [0.3, 0.4) is 0 Å². The molecule has 0 radical (unpaired) electrons. The molecular formula is C18H32B2O4. The summed E-state index contributed by atoms with van der Waals surface area (Å²) in [5.74, 6) is -2.65. The second-order valence-corrected chi connectivity index (χ2v) is 6.85. The lowest BCUT2D eigenvalue weighted by atomic mass is 9.54. The van der Waals surface area contributed by atoms with Gasteiger partial charge in [0.1, 0.15) is 15.7 Å². The molecule has 0 unspecified atom stereocenters. The van der Waals surface area contributed by atoms with Gasteiger partial charge in [-0.2, -0.15) is 0 Å². The Morgan fingerprint density at radius 2 is 1.54 bits per heavy atom. The Morgan fingerprint density at radius 1 is 0.917 bits per heavy atom. The topological polar surface area (TPSA) is 77.8 Å². The number of carbonyl (C=O) groups is 1. The third kappa shape index (κ3) is 14.3. The third-order valence-corrected chi connectivity index (χ3v) is 3.67. The fraction of sp³-hybridized carbons (Fsp3) is 0.611. The zero-order valence-corrected chi connectivity index (χ0v) is 15.4. The number of rotatable bonds is 13. The van der Waals surface area contributed by atoms with Crippen molar-refractivity contribution in [1.82, 2.24) is 0 Å². The number of hydrogen-bond acceptors (Lipinski definition) is 3. The van der Waals surface area contributed by atoms with Gasteiger partial charge < -0.3 is 15.3 Å². The van der Waals surface area contributed by atoms with Crippen molar-refractivity contribution in [3.63, 3.8) is 0 Å². The van der Waals surface area contributed by atoms with Crippen LogP contribution in [0, 0.1) is 0 Å². The van der Waals surface area contributed by atoms with E-state index in [1.54, 1.807) is 12.2 Å². The first kappa shape index (κ1) is 22.7. The molecule has 134 valence electrons. The number of carboxylic acid groups (broad SMARTS) is 1. The highest BCUT2D eigenvalue weighted by Gasteiger charge is 2.17. The van der Waals surface area contributed by atoms with E-state index in [2.05, 4.69) is 13.0 Å². The second-order valence-electron chi connectivity index (χ2n) is 6.85. The van der Waals surface area contributed by atoms with E-state index in [0.29, 0.717) is 0 Å². The standard InChI is InChI=1S/C18H32B2O4/c1-2-3-12-17(19,20)14-15-18(23,24)13-10-8-6-4-5-7-9-11-16(21)22/h3,10,12-15,23-24H,2,4-9,11,19-20H2,1H3,(H,21,22)/b12-3-,13-10-,15-14-. The van der Waals surface area contributed by atoms with Crippen LogP contribution < -0.4 is 0 Å². The molecule has 0 heterocycles. The Hall–Kier alpha value is -1.26. The normalized spacial score (nSPS) is 13.5. The molecule has 0 rings (SSSR count). The maximum atomic E-state index is 10.4. The van der Waals surface area contributed by atoms with Crippen molar-refractivity contribution in [1.29, 1.82) is 0 Å². The van der Waals surface area contributed by atoms with Gasteiger partial charge in [0.15, 0.2) is 0 Å².